The molecule has 2 aromatic heterocycles. The number of hydrogen-bond acceptors (Lipinski definition) is 2. The summed E-state index contributed by atoms with van der Waals surface area (Å²) in [6.45, 7) is 3.76. The van der Waals surface area contributed by atoms with Crippen LogP contribution in [0.25, 0.3) is 22.5 Å². The fraction of sp³-hybridized carbons (Fsp3) is 0.308. The first-order valence-corrected chi connectivity index (χ1v) is 11.3. The summed E-state index contributed by atoms with van der Waals surface area (Å²) in [7, 11) is 0. The number of benzene rings is 2. The summed E-state index contributed by atoms with van der Waals surface area (Å²) in [4.78, 5) is 0. The molecule has 5 rings (SSSR count). The molecular weight excluding hydrogens is 400 g/mol. The van der Waals surface area contributed by atoms with Gasteiger partial charge < -0.3 is 10.4 Å². The van der Waals surface area contributed by atoms with Gasteiger partial charge in [0.2, 0.25) is 12.7 Å². The highest BCUT2D eigenvalue weighted by Gasteiger charge is 2.39. The number of nitrogens with zero attached hydrogens (tertiary/aromatic N) is 4. The summed E-state index contributed by atoms with van der Waals surface area (Å²) >= 11 is 0. The molecule has 6 heteroatoms. The summed E-state index contributed by atoms with van der Waals surface area (Å²) in [6.07, 6.45) is 7.49. The van der Waals surface area contributed by atoms with Gasteiger partial charge in [-0.15, -0.1) is 0 Å². The molecule has 1 fully saturated rings. The van der Waals surface area contributed by atoms with Crippen LogP contribution in [0.15, 0.2) is 73.3 Å². The minimum absolute atomic E-state index is 0.0853. The second-order valence-electron chi connectivity index (χ2n) is 8.72. The van der Waals surface area contributed by atoms with Gasteiger partial charge in [-0.2, -0.15) is 0 Å². The molecule has 0 saturated heterocycles. The first kappa shape index (κ1) is 20.4. The highest BCUT2D eigenvalue weighted by atomic mass is 16.5. The molecule has 0 N–H and O–H groups in total. The Hall–Kier alpha value is -3.54. The van der Waals surface area contributed by atoms with Crippen LogP contribution in [-0.2, 0) is 0 Å². The van der Waals surface area contributed by atoms with E-state index in [0.29, 0.717) is 11.4 Å². The van der Waals surface area contributed by atoms with Gasteiger partial charge in [-0.3, -0.25) is 0 Å². The molecule has 0 radical (unpaired) electrons. The Morgan fingerprint density at radius 3 is 1.41 bits per heavy atom. The van der Waals surface area contributed by atoms with Crippen LogP contribution in [0.1, 0.15) is 49.2 Å². The molecule has 0 aliphatic heterocycles. The van der Waals surface area contributed by atoms with Gasteiger partial charge >= 0.3 is 0 Å². The first-order chi connectivity index (χ1) is 15.6. The van der Waals surface area contributed by atoms with Gasteiger partial charge in [0.05, 0.1) is 0 Å². The third kappa shape index (κ3) is 3.36. The van der Waals surface area contributed by atoms with Crippen molar-refractivity contribution >= 4 is 0 Å². The summed E-state index contributed by atoms with van der Waals surface area (Å²) in [5.74, 6) is 0. The van der Waals surface area contributed by atoms with Gasteiger partial charge in [-0.1, -0.05) is 60.7 Å². The zero-order valence-corrected chi connectivity index (χ0v) is 18.5. The van der Waals surface area contributed by atoms with Crippen molar-refractivity contribution in [2.45, 2.75) is 51.6 Å². The molecule has 32 heavy (non-hydrogen) atoms. The fourth-order valence-electron chi connectivity index (χ4n) is 5.25. The lowest BCUT2D eigenvalue weighted by Gasteiger charge is -2.28. The average Bonchev–Trinajstić information content (AvgIpc) is 3.30. The van der Waals surface area contributed by atoms with Crippen molar-refractivity contribution < 1.29 is 9.46 Å². The number of imidazole rings is 2. The summed E-state index contributed by atoms with van der Waals surface area (Å²) in [5.41, 5.74) is 5.39. The minimum Gasteiger partial charge on any atom is -0.711 e. The normalized spacial score (nSPS) is 18.7. The Labute approximate surface area is 188 Å². The lowest BCUT2D eigenvalue weighted by molar-refractivity contribution is -0.612. The molecule has 2 atom stereocenters. The molecule has 0 amide bonds. The summed E-state index contributed by atoms with van der Waals surface area (Å²) in [6, 6.07) is 20.4. The van der Waals surface area contributed by atoms with E-state index in [0.717, 1.165) is 57.7 Å². The van der Waals surface area contributed by atoms with Crippen LogP contribution >= 0.6 is 0 Å². The van der Waals surface area contributed by atoms with Gasteiger partial charge in [0.25, 0.3) is 0 Å². The maximum atomic E-state index is 12.7. The van der Waals surface area contributed by atoms with Crippen molar-refractivity contribution in [2.24, 2.45) is 0 Å². The molecule has 1 aliphatic rings. The third-order valence-electron chi connectivity index (χ3n) is 6.82. The second-order valence-corrected chi connectivity index (χ2v) is 8.72. The van der Waals surface area contributed by atoms with E-state index in [1.807, 2.05) is 50.2 Å². The molecule has 0 unspecified atom stereocenters. The molecule has 0 bridgehead atoms. The molecule has 2 aromatic carbocycles. The maximum Gasteiger partial charge on any atom is 0.247 e. The minimum atomic E-state index is 0.0853. The van der Waals surface area contributed by atoms with E-state index in [2.05, 4.69) is 33.4 Å². The quantitative estimate of drug-likeness (QED) is 0.344. The van der Waals surface area contributed by atoms with Gasteiger partial charge in [0, 0.05) is 25.0 Å². The standard InChI is InChI=1S/C26H28N4O2/c1-19-25(21-11-5-3-6-12-21)27(17-29(19)31)23-15-9-10-16-24(23)28-18-30(32)20(2)26(28)22-13-7-4-8-14-22/h3-8,11-14,17-18,23-24H,9-10,15-16H2,1-2H3/t23-,24-/m1/s1. The molecule has 164 valence electrons. The van der Waals surface area contributed by atoms with Crippen LogP contribution in [0.4, 0.5) is 0 Å². The fourth-order valence-corrected chi connectivity index (χ4v) is 5.25. The van der Waals surface area contributed by atoms with Crippen LogP contribution < -0.4 is 9.46 Å². The number of aromatic nitrogens is 4. The van der Waals surface area contributed by atoms with Crippen LogP contribution in [0, 0.1) is 24.3 Å². The van der Waals surface area contributed by atoms with Crippen molar-refractivity contribution in [2.75, 3.05) is 0 Å². The molecule has 1 saturated carbocycles. The molecular formula is C26H28N4O2. The van der Waals surface area contributed by atoms with E-state index in [9.17, 15) is 10.4 Å². The molecule has 4 aromatic rings. The second kappa shape index (κ2) is 8.19. The Morgan fingerprint density at radius 1 is 0.656 bits per heavy atom. The molecule has 6 nitrogen and oxygen atoms in total. The van der Waals surface area contributed by atoms with E-state index in [4.69, 9.17) is 0 Å². The smallest absolute Gasteiger partial charge is 0.247 e. The first-order valence-electron chi connectivity index (χ1n) is 11.3. The SMILES string of the molecule is Cc1c(-c2ccccc2)n([C@@H]2CCCC[C@H]2n2c[n+]([O-])c(C)c2-c2ccccc2)c[n+]1[O-]. The van der Waals surface area contributed by atoms with Gasteiger partial charge in [-0.25, -0.2) is 18.6 Å². The lowest BCUT2D eigenvalue weighted by Crippen LogP contribution is -2.30. The van der Waals surface area contributed by atoms with Crippen LogP contribution in [0.2, 0.25) is 0 Å². The predicted octanol–water partition coefficient (Wildman–Crippen LogP) is 4.86. The zero-order valence-electron chi connectivity index (χ0n) is 18.5. The highest BCUT2D eigenvalue weighted by Crippen LogP contribution is 2.42. The third-order valence-corrected chi connectivity index (χ3v) is 6.82. The van der Waals surface area contributed by atoms with Gasteiger partial charge in [0.15, 0.2) is 22.8 Å². The van der Waals surface area contributed by atoms with Crippen molar-refractivity contribution in [3.8, 4) is 22.5 Å². The van der Waals surface area contributed by atoms with Crippen molar-refractivity contribution in [1.29, 1.82) is 0 Å². The topological polar surface area (TPSA) is 63.7 Å². The van der Waals surface area contributed by atoms with Crippen LogP contribution in [0.5, 0.6) is 0 Å². The zero-order chi connectivity index (χ0) is 22.2. The van der Waals surface area contributed by atoms with E-state index in [-0.39, 0.29) is 12.1 Å². The largest absolute Gasteiger partial charge is 0.711 e. The summed E-state index contributed by atoms with van der Waals surface area (Å²) < 4.78 is 6.25. The van der Waals surface area contributed by atoms with E-state index in [1.54, 1.807) is 12.7 Å². The Kier molecular flexibility index (Phi) is 5.21. The highest BCUT2D eigenvalue weighted by molar-refractivity contribution is 5.62. The predicted molar refractivity (Wildman–Crippen MR) is 124 cm³/mol. The van der Waals surface area contributed by atoms with E-state index < -0.39 is 0 Å². The molecule has 1 aliphatic carbocycles. The Balaban J connectivity index is 1.66. The average molecular weight is 429 g/mol. The molecule has 0 spiro atoms. The summed E-state index contributed by atoms with van der Waals surface area (Å²) in [5, 5.41) is 25.4. The van der Waals surface area contributed by atoms with Crippen molar-refractivity contribution in [3.63, 3.8) is 0 Å². The van der Waals surface area contributed by atoms with Crippen molar-refractivity contribution in [1.82, 2.24) is 9.13 Å². The van der Waals surface area contributed by atoms with Gasteiger partial charge in [-0.05, 0) is 25.7 Å². The van der Waals surface area contributed by atoms with Crippen LogP contribution in [-0.4, -0.2) is 9.13 Å². The monoisotopic (exact) mass is 428 g/mol. The number of hydrogen-bond donors (Lipinski definition) is 0. The molecule has 2 heterocycles. The Morgan fingerprint density at radius 2 is 1.03 bits per heavy atom. The number of rotatable bonds is 4. The lowest BCUT2D eigenvalue weighted by atomic mass is 9.89. The van der Waals surface area contributed by atoms with E-state index >= 15 is 0 Å². The van der Waals surface area contributed by atoms with Gasteiger partial charge in [0.1, 0.15) is 12.1 Å². The van der Waals surface area contributed by atoms with Crippen LogP contribution in [0.3, 0.4) is 0 Å². The maximum absolute atomic E-state index is 12.7. The van der Waals surface area contributed by atoms with Crippen molar-refractivity contribution in [3.05, 3.63) is 95.1 Å². The van der Waals surface area contributed by atoms with E-state index in [1.165, 1.54) is 0 Å². The Bertz CT molecular complexity index is 1130.